The molecule has 0 radical (unpaired) electrons. The zero-order chi connectivity index (χ0) is 26.0. The number of hydrogen-bond acceptors (Lipinski definition) is 4. The van der Waals surface area contributed by atoms with Crippen molar-refractivity contribution in [3.05, 3.63) is 93.9 Å². The van der Waals surface area contributed by atoms with Gasteiger partial charge in [0, 0.05) is 49.1 Å². The molecule has 0 aliphatic carbocycles. The van der Waals surface area contributed by atoms with Crippen molar-refractivity contribution >= 4 is 40.5 Å². The van der Waals surface area contributed by atoms with Gasteiger partial charge in [0.05, 0.1) is 5.56 Å². The molecule has 1 amide bonds. The van der Waals surface area contributed by atoms with E-state index < -0.39 is 0 Å². The van der Waals surface area contributed by atoms with E-state index in [9.17, 15) is 10.0 Å². The van der Waals surface area contributed by atoms with Gasteiger partial charge in [0.1, 0.15) is 10.0 Å². The highest BCUT2D eigenvalue weighted by atomic mass is 35.5. The summed E-state index contributed by atoms with van der Waals surface area (Å²) in [7, 11) is 0. The summed E-state index contributed by atoms with van der Waals surface area (Å²) in [6.45, 7) is 5.63. The number of para-hydroxylation sites is 2. The number of benzene rings is 2. The van der Waals surface area contributed by atoms with Crippen LogP contribution in [0.4, 0.5) is 11.4 Å². The Morgan fingerprint density at radius 2 is 1.38 bits per heavy atom. The first kappa shape index (κ1) is 25.8. The second kappa shape index (κ2) is 10.9. The van der Waals surface area contributed by atoms with E-state index in [1.807, 2.05) is 4.90 Å². The molecule has 3 aromatic rings. The van der Waals surface area contributed by atoms with Crippen molar-refractivity contribution in [2.24, 2.45) is 0 Å². The van der Waals surface area contributed by atoms with Crippen LogP contribution in [0.1, 0.15) is 43.0 Å². The van der Waals surface area contributed by atoms with Gasteiger partial charge in [-0.2, -0.15) is 4.73 Å². The zero-order valence-electron chi connectivity index (χ0n) is 21.0. The Kier molecular flexibility index (Phi) is 7.61. The minimum Gasteiger partial charge on any atom is -0.619 e. The van der Waals surface area contributed by atoms with Crippen molar-refractivity contribution in [3.8, 4) is 0 Å². The molecule has 194 valence electrons. The van der Waals surface area contributed by atoms with Gasteiger partial charge in [0.15, 0.2) is 12.4 Å². The van der Waals surface area contributed by atoms with Crippen LogP contribution in [0, 0.1) is 5.21 Å². The second-order valence-electron chi connectivity index (χ2n) is 10.2. The lowest BCUT2D eigenvalue weighted by molar-refractivity contribution is -0.605. The number of nitrogens with zero attached hydrogens (tertiary/aromatic N) is 4. The summed E-state index contributed by atoms with van der Waals surface area (Å²) >= 11 is 12.4. The Bertz CT molecular complexity index is 1160. The van der Waals surface area contributed by atoms with Gasteiger partial charge in [-0.15, -0.1) is 0 Å². The average Bonchev–Trinajstić information content (AvgIpc) is 2.90. The third kappa shape index (κ3) is 5.42. The highest BCUT2D eigenvalue weighted by Crippen LogP contribution is 2.36. The zero-order valence-corrected chi connectivity index (χ0v) is 22.5. The van der Waals surface area contributed by atoms with Crippen LogP contribution in [-0.2, 0) is 0 Å². The second-order valence-corrected chi connectivity index (χ2v) is 11.1. The highest BCUT2D eigenvalue weighted by molar-refractivity contribution is 6.39. The molecule has 1 aromatic heterocycles. The Hall–Kier alpha value is -2.80. The third-order valence-corrected chi connectivity index (χ3v) is 8.54. The molecule has 0 unspecified atom stereocenters. The molecular weight excluding hydrogens is 507 g/mol. The lowest BCUT2D eigenvalue weighted by atomic mass is 9.85. The van der Waals surface area contributed by atoms with E-state index in [4.69, 9.17) is 23.2 Å². The van der Waals surface area contributed by atoms with Gasteiger partial charge in [0.25, 0.3) is 5.91 Å². The number of anilines is 2. The number of halogens is 2. The smallest absolute Gasteiger partial charge is 0.257 e. The average molecular weight is 540 g/mol. The quantitative estimate of drug-likeness (QED) is 0.298. The maximum absolute atomic E-state index is 13.2. The van der Waals surface area contributed by atoms with E-state index in [1.165, 1.54) is 23.8 Å². The van der Waals surface area contributed by atoms with Crippen LogP contribution in [0.25, 0.3) is 0 Å². The number of amides is 1. The van der Waals surface area contributed by atoms with E-state index in [0.717, 1.165) is 38.8 Å². The van der Waals surface area contributed by atoms with E-state index >= 15 is 0 Å². The first-order valence-corrected chi connectivity index (χ1v) is 13.6. The fraction of sp³-hybridized carbons (Fsp3) is 0.379. The number of aromatic nitrogens is 1. The fourth-order valence-corrected chi connectivity index (χ4v) is 6.39. The van der Waals surface area contributed by atoms with E-state index in [-0.39, 0.29) is 27.1 Å². The Labute approximate surface area is 228 Å². The molecule has 2 fully saturated rings. The maximum Gasteiger partial charge on any atom is 0.257 e. The minimum absolute atomic E-state index is 0.0361. The molecule has 6 nitrogen and oxygen atoms in total. The lowest BCUT2D eigenvalue weighted by Gasteiger charge is -2.50. The SMILES string of the molecule is CC1(N2CCC(N(c3ccccc3)c3ccccc3)CC2)CCN(C(=O)c2c(Cl)c[n+]([O-])cc2Cl)CC1. The molecule has 0 saturated carbocycles. The fourth-order valence-electron chi connectivity index (χ4n) is 5.79. The van der Waals surface area contributed by atoms with Crippen LogP contribution in [0.3, 0.4) is 0 Å². The van der Waals surface area contributed by atoms with E-state index in [1.54, 1.807) is 0 Å². The van der Waals surface area contributed by atoms with Gasteiger partial charge in [-0.3, -0.25) is 9.69 Å². The number of hydrogen-bond donors (Lipinski definition) is 0. The van der Waals surface area contributed by atoms with Gasteiger partial charge in [0.2, 0.25) is 0 Å². The first-order valence-electron chi connectivity index (χ1n) is 12.9. The van der Waals surface area contributed by atoms with Gasteiger partial charge < -0.3 is 15.0 Å². The molecular formula is C29H32Cl2N4O2. The summed E-state index contributed by atoms with van der Waals surface area (Å²) in [5, 5.41) is 11.7. The van der Waals surface area contributed by atoms with Crippen molar-refractivity contribution in [1.29, 1.82) is 0 Å². The molecule has 2 saturated heterocycles. The summed E-state index contributed by atoms with van der Waals surface area (Å²) in [6.07, 6.45) is 6.27. The number of carbonyl (C=O) groups is 1. The number of pyridine rings is 1. The topological polar surface area (TPSA) is 53.7 Å². The molecule has 0 spiro atoms. The molecule has 3 heterocycles. The maximum atomic E-state index is 13.2. The minimum atomic E-state index is -0.210. The van der Waals surface area contributed by atoms with Crippen molar-refractivity contribution < 1.29 is 9.52 Å². The largest absolute Gasteiger partial charge is 0.619 e. The summed E-state index contributed by atoms with van der Waals surface area (Å²) < 4.78 is 0.523. The molecule has 0 bridgehead atoms. The summed E-state index contributed by atoms with van der Waals surface area (Å²) in [5.41, 5.74) is 2.70. The van der Waals surface area contributed by atoms with Crippen molar-refractivity contribution in [3.63, 3.8) is 0 Å². The van der Waals surface area contributed by atoms with E-state index in [0.29, 0.717) is 23.9 Å². The molecule has 0 atom stereocenters. The predicted octanol–water partition coefficient (Wildman–Crippen LogP) is 5.92. The predicted molar refractivity (Wildman–Crippen MR) is 149 cm³/mol. The number of piperidine rings is 2. The molecule has 8 heteroatoms. The van der Waals surface area contributed by atoms with Crippen molar-refractivity contribution in [2.45, 2.75) is 44.2 Å². The Morgan fingerprint density at radius 3 is 1.86 bits per heavy atom. The van der Waals surface area contributed by atoms with Crippen LogP contribution in [-0.4, -0.2) is 53.5 Å². The van der Waals surface area contributed by atoms with Gasteiger partial charge in [-0.25, -0.2) is 0 Å². The van der Waals surface area contributed by atoms with Gasteiger partial charge in [-0.1, -0.05) is 59.6 Å². The Morgan fingerprint density at radius 1 is 0.892 bits per heavy atom. The van der Waals surface area contributed by atoms with Crippen LogP contribution in [0.15, 0.2) is 73.1 Å². The normalized spacial score (nSPS) is 18.5. The monoisotopic (exact) mass is 538 g/mol. The summed E-state index contributed by atoms with van der Waals surface area (Å²) in [4.78, 5) is 20.1. The Balaban J connectivity index is 1.23. The molecule has 2 aromatic carbocycles. The first-order chi connectivity index (χ1) is 17.9. The van der Waals surface area contributed by atoms with Crippen LogP contribution in [0.5, 0.6) is 0 Å². The van der Waals surface area contributed by atoms with E-state index in [2.05, 4.69) is 77.4 Å². The molecule has 5 rings (SSSR count). The molecule has 2 aliphatic rings. The van der Waals surface area contributed by atoms with Crippen LogP contribution < -0.4 is 9.63 Å². The highest BCUT2D eigenvalue weighted by Gasteiger charge is 2.40. The van der Waals surface area contributed by atoms with Crippen molar-refractivity contribution in [2.75, 3.05) is 31.1 Å². The standard InChI is InChI=1S/C29H32Cl2N4O2/c1-29(14-18-32(19-15-29)28(36)27-25(30)20-34(37)21-26(27)31)33-16-12-24(13-17-33)35(22-8-4-2-5-9-22)23-10-6-3-7-11-23/h2-11,20-21,24H,12-19H2,1H3. The van der Waals surface area contributed by atoms with Crippen LogP contribution >= 0.6 is 23.2 Å². The summed E-state index contributed by atoms with van der Waals surface area (Å²) in [5.74, 6) is -0.210. The van der Waals surface area contributed by atoms with Crippen molar-refractivity contribution in [1.82, 2.24) is 9.80 Å². The molecule has 0 N–H and O–H groups in total. The number of likely N-dealkylation sites (tertiary alicyclic amines) is 2. The number of rotatable bonds is 5. The summed E-state index contributed by atoms with van der Waals surface area (Å²) in [6, 6.07) is 21.7. The third-order valence-electron chi connectivity index (χ3n) is 7.96. The molecule has 37 heavy (non-hydrogen) atoms. The van der Waals surface area contributed by atoms with Gasteiger partial charge in [-0.05, 0) is 56.9 Å². The number of carbonyl (C=O) groups excluding carboxylic acids is 1. The molecule has 2 aliphatic heterocycles. The van der Waals surface area contributed by atoms with Gasteiger partial charge >= 0.3 is 0 Å². The lowest BCUT2D eigenvalue weighted by Crippen LogP contribution is -2.57. The van der Waals surface area contributed by atoms with Crippen LogP contribution in [0.2, 0.25) is 10.0 Å².